The Balaban J connectivity index is 1.22. The van der Waals surface area contributed by atoms with E-state index < -0.39 is 11.6 Å². The van der Waals surface area contributed by atoms with E-state index in [0.29, 0.717) is 50.3 Å². The van der Waals surface area contributed by atoms with E-state index in [1.165, 1.54) is 6.07 Å². The Hall–Kier alpha value is -3.07. The number of aromatic nitrogens is 1. The van der Waals surface area contributed by atoms with Crippen molar-refractivity contribution >= 4 is 17.6 Å². The fourth-order valence-corrected chi connectivity index (χ4v) is 4.11. The lowest BCUT2D eigenvalue weighted by molar-refractivity contribution is -0.131. The lowest BCUT2D eigenvalue weighted by Crippen LogP contribution is -2.49. The molecule has 3 heterocycles. The van der Waals surface area contributed by atoms with Crippen LogP contribution in [0.2, 0.25) is 0 Å². The van der Waals surface area contributed by atoms with Gasteiger partial charge in [-0.2, -0.15) is 0 Å². The summed E-state index contributed by atoms with van der Waals surface area (Å²) in [6.07, 6.45) is 4.28. The first kappa shape index (κ1) is 23.1. The highest BCUT2D eigenvalue weighted by atomic mass is 19.2. The Bertz CT molecular complexity index is 972. The van der Waals surface area contributed by atoms with E-state index in [0.717, 1.165) is 37.4 Å². The molecule has 2 saturated heterocycles. The van der Waals surface area contributed by atoms with Crippen LogP contribution in [-0.2, 0) is 16.0 Å². The predicted molar refractivity (Wildman–Crippen MR) is 119 cm³/mol. The van der Waals surface area contributed by atoms with Gasteiger partial charge in [-0.25, -0.2) is 13.8 Å². The van der Waals surface area contributed by atoms with Crippen LogP contribution in [0, 0.1) is 11.6 Å². The number of aryl methyl sites for hydroxylation is 1. The summed E-state index contributed by atoms with van der Waals surface area (Å²) in [7, 11) is 0. The number of carbonyl (C=O) groups excluding carboxylic acids is 2. The smallest absolute Gasteiger partial charge is 0.252 e. The number of ether oxygens (including phenoxy) is 1. The zero-order valence-corrected chi connectivity index (χ0v) is 18.4. The van der Waals surface area contributed by atoms with Gasteiger partial charge in [0, 0.05) is 51.9 Å². The normalized spacial score (nSPS) is 18.4. The van der Waals surface area contributed by atoms with Gasteiger partial charge in [0.1, 0.15) is 5.82 Å². The fourth-order valence-electron chi connectivity index (χ4n) is 4.11. The van der Waals surface area contributed by atoms with Gasteiger partial charge < -0.3 is 19.9 Å². The average molecular weight is 459 g/mol. The molecule has 1 N–H and O–H groups in total. The van der Waals surface area contributed by atoms with Gasteiger partial charge in [0.05, 0.1) is 11.7 Å². The molecule has 2 amide bonds. The molecule has 1 atom stereocenters. The molecule has 0 bridgehead atoms. The maximum atomic E-state index is 13.3. The van der Waals surface area contributed by atoms with Crippen molar-refractivity contribution in [3.05, 3.63) is 59.3 Å². The molecule has 0 radical (unpaired) electrons. The Morgan fingerprint density at radius 3 is 2.58 bits per heavy atom. The summed E-state index contributed by atoms with van der Waals surface area (Å²) in [6, 6.07) is 7.30. The Morgan fingerprint density at radius 2 is 1.91 bits per heavy atom. The highest BCUT2D eigenvalue weighted by molar-refractivity contribution is 5.94. The lowest BCUT2D eigenvalue weighted by Gasteiger charge is -2.35. The van der Waals surface area contributed by atoms with Crippen LogP contribution in [-0.4, -0.2) is 67.1 Å². The van der Waals surface area contributed by atoms with Gasteiger partial charge in [0.2, 0.25) is 5.91 Å². The Morgan fingerprint density at radius 1 is 1.09 bits per heavy atom. The van der Waals surface area contributed by atoms with Crippen molar-refractivity contribution in [2.24, 2.45) is 0 Å². The van der Waals surface area contributed by atoms with E-state index in [2.05, 4.69) is 15.2 Å². The van der Waals surface area contributed by atoms with Crippen LogP contribution in [0.5, 0.6) is 0 Å². The number of amides is 2. The van der Waals surface area contributed by atoms with Gasteiger partial charge in [-0.15, -0.1) is 0 Å². The van der Waals surface area contributed by atoms with Gasteiger partial charge in [-0.3, -0.25) is 9.59 Å². The Kier molecular flexibility index (Phi) is 7.49. The monoisotopic (exact) mass is 458 g/mol. The maximum Gasteiger partial charge on any atom is 0.252 e. The number of pyridine rings is 1. The molecule has 33 heavy (non-hydrogen) atoms. The highest BCUT2D eigenvalue weighted by Gasteiger charge is 2.22. The van der Waals surface area contributed by atoms with Crippen molar-refractivity contribution < 1.29 is 23.1 Å². The largest absolute Gasteiger partial charge is 0.376 e. The summed E-state index contributed by atoms with van der Waals surface area (Å²) in [6.45, 7) is 3.64. The molecular formula is C24H28F2N4O3. The lowest BCUT2D eigenvalue weighted by atomic mass is 10.1. The summed E-state index contributed by atoms with van der Waals surface area (Å²) < 4.78 is 31.9. The van der Waals surface area contributed by atoms with Gasteiger partial charge in [0.15, 0.2) is 11.6 Å². The number of carbonyl (C=O) groups is 2. The molecule has 7 nitrogen and oxygen atoms in total. The molecule has 176 valence electrons. The molecule has 1 unspecified atom stereocenters. The minimum Gasteiger partial charge on any atom is -0.376 e. The first-order valence-electron chi connectivity index (χ1n) is 11.3. The third-order valence-corrected chi connectivity index (χ3v) is 6.09. The number of halogens is 2. The molecule has 1 aromatic carbocycles. The minimum atomic E-state index is -0.896. The molecule has 2 aliphatic rings. The van der Waals surface area contributed by atoms with Crippen LogP contribution in [0.3, 0.4) is 0 Å². The molecule has 2 aliphatic heterocycles. The van der Waals surface area contributed by atoms with Gasteiger partial charge in [0.25, 0.3) is 5.91 Å². The zero-order chi connectivity index (χ0) is 23.2. The third-order valence-electron chi connectivity index (χ3n) is 6.09. The van der Waals surface area contributed by atoms with Crippen molar-refractivity contribution in [3.8, 4) is 0 Å². The molecule has 0 aliphatic carbocycles. The number of hydrogen-bond donors (Lipinski definition) is 1. The van der Waals surface area contributed by atoms with Gasteiger partial charge >= 0.3 is 0 Å². The van der Waals surface area contributed by atoms with Crippen LogP contribution in [0.25, 0.3) is 0 Å². The Labute approximate surface area is 191 Å². The first-order valence-corrected chi connectivity index (χ1v) is 11.3. The van der Waals surface area contributed by atoms with E-state index in [-0.39, 0.29) is 24.3 Å². The predicted octanol–water partition coefficient (Wildman–Crippen LogP) is 2.55. The average Bonchev–Trinajstić information content (AvgIpc) is 3.37. The number of nitrogens with zero attached hydrogens (tertiary/aromatic N) is 3. The fraction of sp³-hybridized carbons (Fsp3) is 0.458. The second kappa shape index (κ2) is 10.7. The number of benzene rings is 1. The van der Waals surface area contributed by atoms with E-state index in [1.807, 2.05) is 6.07 Å². The highest BCUT2D eigenvalue weighted by Crippen LogP contribution is 2.16. The van der Waals surface area contributed by atoms with Crippen LogP contribution in [0.4, 0.5) is 14.6 Å². The maximum absolute atomic E-state index is 13.3. The zero-order valence-electron chi connectivity index (χ0n) is 18.4. The standard InChI is InChI=1S/C24H28F2N4O3/c25-20-6-3-17(14-21(20)26)4-8-23(31)30-11-9-29(10-12-30)22-7-5-18(15-27-22)24(32)28-16-19-2-1-13-33-19/h3,5-7,14-15,19H,1-2,4,8-13,16H2,(H,28,32). The van der Waals surface area contributed by atoms with Crippen molar-refractivity contribution in [2.75, 3.05) is 44.2 Å². The van der Waals surface area contributed by atoms with Gasteiger partial charge in [-0.1, -0.05) is 6.07 Å². The van der Waals surface area contributed by atoms with E-state index >= 15 is 0 Å². The number of nitrogens with one attached hydrogen (secondary N) is 1. The third kappa shape index (κ3) is 6.04. The number of rotatable bonds is 7. The SMILES string of the molecule is O=C(NCC1CCCO1)c1ccc(N2CCN(C(=O)CCc3ccc(F)c(F)c3)CC2)nc1. The summed E-state index contributed by atoms with van der Waals surface area (Å²) >= 11 is 0. The first-order chi connectivity index (χ1) is 16.0. The number of anilines is 1. The van der Waals surface area contributed by atoms with Crippen LogP contribution in [0.15, 0.2) is 36.5 Å². The van der Waals surface area contributed by atoms with E-state index in [9.17, 15) is 18.4 Å². The second-order valence-electron chi connectivity index (χ2n) is 8.37. The molecular weight excluding hydrogens is 430 g/mol. The van der Waals surface area contributed by atoms with Crippen molar-refractivity contribution in [1.82, 2.24) is 15.2 Å². The van der Waals surface area contributed by atoms with Crippen LogP contribution >= 0.6 is 0 Å². The molecule has 0 spiro atoms. The molecule has 1 aromatic heterocycles. The quantitative estimate of drug-likeness (QED) is 0.690. The van der Waals surface area contributed by atoms with E-state index in [1.54, 1.807) is 17.2 Å². The second-order valence-corrected chi connectivity index (χ2v) is 8.37. The minimum absolute atomic E-state index is 0.00870. The van der Waals surface area contributed by atoms with Crippen LogP contribution in [0.1, 0.15) is 35.2 Å². The number of piperazine rings is 1. The molecule has 4 rings (SSSR count). The number of hydrogen-bond acceptors (Lipinski definition) is 5. The summed E-state index contributed by atoms with van der Waals surface area (Å²) in [5.41, 5.74) is 1.10. The van der Waals surface area contributed by atoms with Crippen molar-refractivity contribution in [1.29, 1.82) is 0 Å². The van der Waals surface area contributed by atoms with E-state index in [4.69, 9.17) is 4.74 Å². The molecule has 2 fully saturated rings. The molecule has 0 saturated carbocycles. The topological polar surface area (TPSA) is 74.8 Å². The summed E-state index contributed by atoms with van der Waals surface area (Å²) in [4.78, 5) is 33.1. The van der Waals surface area contributed by atoms with Crippen molar-refractivity contribution in [2.45, 2.75) is 31.8 Å². The van der Waals surface area contributed by atoms with Gasteiger partial charge in [-0.05, 0) is 49.1 Å². The summed E-state index contributed by atoms with van der Waals surface area (Å²) in [5.74, 6) is -1.19. The molecule has 2 aromatic rings. The molecule has 9 heteroatoms. The van der Waals surface area contributed by atoms with Crippen LogP contribution < -0.4 is 10.2 Å². The van der Waals surface area contributed by atoms with Crippen molar-refractivity contribution in [3.63, 3.8) is 0 Å². The summed E-state index contributed by atoms with van der Waals surface area (Å²) in [5, 5.41) is 2.89.